The van der Waals surface area contributed by atoms with Crippen molar-refractivity contribution in [3.05, 3.63) is 29.3 Å². The van der Waals surface area contributed by atoms with E-state index in [-0.39, 0.29) is 5.91 Å². The van der Waals surface area contributed by atoms with Crippen molar-refractivity contribution in [2.45, 2.75) is 39.2 Å². The Hall–Kier alpha value is -1.27. The van der Waals surface area contributed by atoms with Crippen molar-refractivity contribution in [2.75, 3.05) is 17.1 Å². The van der Waals surface area contributed by atoms with Crippen LogP contribution < -0.4 is 9.62 Å². The number of halogens is 1. The maximum Gasteiger partial charge on any atom is 0.243 e. The Kier molecular flexibility index (Phi) is 7.16. The maximum atomic E-state index is 12.3. The van der Waals surface area contributed by atoms with Gasteiger partial charge < -0.3 is 5.32 Å². The highest BCUT2D eigenvalue weighted by Crippen LogP contribution is 2.25. The number of nitrogens with zero attached hydrogens (tertiary/aromatic N) is 1. The van der Waals surface area contributed by atoms with Gasteiger partial charge in [-0.2, -0.15) is 0 Å². The summed E-state index contributed by atoms with van der Waals surface area (Å²) >= 11 is 5.95. The highest BCUT2D eigenvalue weighted by Gasteiger charge is 2.31. The van der Waals surface area contributed by atoms with E-state index in [9.17, 15) is 13.2 Å². The number of hydrogen-bond donors (Lipinski definition) is 1. The average Bonchev–Trinajstić information content (AvgIpc) is 2.43. The summed E-state index contributed by atoms with van der Waals surface area (Å²) in [4.78, 5) is 12.3. The molecule has 1 N–H and O–H groups in total. The van der Waals surface area contributed by atoms with E-state index >= 15 is 0 Å². The van der Waals surface area contributed by atoms with Crippen molar-refractivity contribution in [3.8, 4) is 0 Å². The van der Waals surface area contributed by atoms with Crippen LogP contribution in [0.5, 0.6) is 0 Å². The molecule has 1 atom stereocenters. The molecule has 1 aromatic carbocycles. The van der Waals surface area contributed by atoms with Crippen LogP contribution in [-0.4, -0.2) is 33.2 Å². The number of carbonyl (C=O) groups excluding carboxylic acids is 1. The summed E-state index contributed by atoms with van der Waals surface area (Å²) in [5.41, 5.74) is 0.396. The van der Waals surface area contributed by atoms with Crippen molar-refractivity contribution in [3.63, 3.8) is 0 Å². The van der Waals surface area contributed by atoms with Gasteiger partial charge in [-0.05, 0) is 31.0 Å². The Bertz CT molecular complexity index is 605. The van der Waals surface area contributed by atoms with E-state index in [0.29, 0.717) is 23.7 Å². The molecule has 1 amide bonds. The van der Waals surface area contributed by atoms with Crippen LogP contribution in [-0.2, 0) is 14.8 Å². The third-order valence-corrected chi connectivity index (χ3v) is 4.64. The standard InChI is InChI=1S/C15H23ClN2O3S/c1-4-6-10-17-15(19)14(5-2)18(22(3,20)21)13-9-7-8-12(16)11-13/h7-9,11,14H,4-6,10H2,1-3H3,(H,17,19)/t14-/m1/s1. The number of anilines is 1. The van der Waals surface area contributed by atoms with Gasteiger partial charge in [0.05, 0.1) is 11.9 Å². The zero-order valence-corrected chi connectivity index (χ0v) is 14.7. The first-order valence-electron chi connectivity index (χ1n) is 7.34. The molecular weight excluding hydrogens is 324 g/mol. The lowest BCUT2D eigenvalue weighted by molar-refractivity contribution is -0.122. The third kappa shape index (κ3) is 5.18. The van der Waals surface area contributed by atoms with Crippen molar-refractivity contribution >= 4 is 33.2 Å². The molecule has 5 nitrogen and oxygen atoms in total. The van der Waals surface area contributed by atoms with Gasteiger partial charge in [-0.3, -0.25) is 9.10 Å². The molecular formula is C15H23ClN2O3S. The van der Waals surface area contributed by atoms with Gasteiger partial charge in [0.1, 0.15) is 6.04 Å². The summed E-state index contributed by atoms with van der Waals surface area (Å²) in [6.07, 6.45) is 3.28. The van der Waals surface area contributed by atoms with Crippen LogP contribution in [0.25, 0.3) is 0 Å². The summed E-state index contributed by atoms with van der Waals surface area (Å²) in [5, 5.41) is 3.22. The number of rotatable bonds is 8. The van der Waals surface area contributed by atoms with Crippen LogP contribution in [0.1, 0.15) is 33.1 Å². The number of sulfonamides is 1. The fourth-order valence-electron chi connectivity index (χ4n) is 2.18. The first-order chi connectivity index (χ1) is 10.3. The van der Waals surface area contributed by atoms with E-state index in [0.717, 1.165) is 23.4 Å². The number of benzene rings is 1. The summed E-state index contributed by atoms with van der Waals surface area (Å²) in [6, 6.07) is 5.72. The Balaban J connectivity index is 3.12. The van der Waals surface area contributed by atoms with Crippen LogP contribution >= 0.6 is 11.6 Å². The van der Waals surface area contributed by atoms with Gasteiger partial charge in [-0.1, -0.05) is 37.9 Å². The van der Waals surface area contributed by atoms with Crippen LogP contribution in [0.4, 0.5) is 5.69 Å². The predicted molar refractivity (Wildman–Crippen MR) is 90.8 cm³/mol. The first kappa shape index (κ1) is 18.8. The lowest BCUT2D eigenvalue weighted by atomic mass is 10.2. The summed E-state index contributed by atoms with van der Waals surface area (Å²) in [7, 11) is -3.61. The molecule has 0 saturated heterocycles. The fourth-order valence-corrected chi connectivity index (χ4v) is 3.57. The highest BCUT2D eigenvalue weighted by molar-refractivity contribution is 7.92. The summed E-state index contributed by atoms with van der Waals surface area (Å²) in [5.74, 6) is -0.290. The van der Waals surface area contributed by atoms with Gasteiger partial charge in [-0.15, -0.1) is 0 Å². The fraction of sp³-hybridized carbons (Fsp3) is 0.533. The van der Waals surface area contributed by atoms with E-state index in [1.54, 1.807) is 31.2 Å². The lowest BCUT2D eigenvalue weighted by Crippen LogP contribution is -2.49. The zero-order chi connectivity index (χ0) is 16.8. The Labute approximate surface area is 137 Å². The molecule has 0 heterocycles. The Morgan fingerprint density at radius 3 is 2.55 bits per heavy atom. The summed E-state index contributed by atoms with van der Waals surface area (Å²) < 4.78 is 25.5. The van der Waals surface area contributed by atoms with Crippen LogP contribution in [0.15, 0.2) is 24.3 Å². The minimum Gasteiger partial charge on any atom is -0.354 e. The molecule has 0 aliphatic carbocycles. The van der Waals surface area contributed by atoms with Gasteiger partial charge in [-0.25, -0.2) is 8.42 Å². The van der Waals surface area contributed by atoms with E-state index < -0.39 is 16.1 Å². The van der Waals surface area contributed by atoms with E-state index in [2.05, 4.69) is 5.32 Å². The largest absolute Gasteiger partial charge is 0.354 e. The molecule has 0 aliphatic rings. The number of amides is 1. The first-order valence-corrected chi connectivity index (χ1v) is 9.56. The van der Waals surface area contributed by atoms with Gasteiger partial charge in [0.15, 0.2) is 0 Å². The molecule has 0 bridgehead atoms. The monoisotopic (exact) mass is 346 g/mol. The van der Waals surface area contributed by atoms with E-state index in [1.807, 2.05) is 6.92 Å². The second-order valence-corrected chi connectivity index (χ2v) is 7.40. The molecule has 0 unspecified atom stereocenters. The van der Waals surface area contributed by atoms with Crippen molar-refractivity contribution < 1.29 is 13.2 Å². The van der Waals surface area contributed by atoms with Gasteiger partial charge in [0.25, 0.3) is 0 Å². The molecule has 0 aromatic heterocycles. The van der Waals surface area contributed by atoms with Gasteiger partial charge in [0.2, 0.25) is 15.9 Å². The van der Waals surface area contributed by atoms with Gasteiger partial charge in [0, 0.05) is 11.6 Å². The van der Waals surface area contributed by atoms with Gasteiger partial charge >= 0.3 is 0 Å². The van der Waals surface area contributed by atoms with E-state index in [1.165, 1.54) is 0 Å². The van der Waals surface area contributed by atoms with Crippen molar-refractivity contribution in [1.82, 2.24) is 5.32 Å². The van der Waals surface area contributed by atoms with Crippen LogP contribution in [0.3, 0.4) is 0 Å². The zero-order valence-electron chi connectivity index (χ0n) is 13.2. The number of hydrogen-bond acceptors (Lipinski definition) is 3. The normalized spacial score (nSPS) is 12.7. The molecule has 0 spiro atoms. The molecule has 0 saturated carbocycles. The molecule has 1 rings (SSSR count). The molecule has 0 aliphatic heterocycles. The number of unbranched alkanes of at least 4 members (excludes halogenated alkanes) is 1. The maximum absolute atomic E-state index is 12.3. The topological polar surface area (TPSA) is 66.5 Å². The quantitative estimate of drug-likeness (QED) is 0.736. The molecule has 124 valence electrons. The molecule has 1 aromatic rings. The Morgan fingerprint density at radius 1 is 1.36 bits per heavy atom. The number of carbonyl (C=O) groups is 1. The SMILES string of the molecule is CCCCNC(=O)[C@@H](CC)N(c1cccc(Cl)c1)S(C)(=O)=O. The molecule has 7 heteroatoms. The number of nitrogens with one attached hydrogen (secondary N) is 1. The average molecular weight is 347 g/mol. The second kappa shape index (κ2) is 8.39. The second-order valence-electron chi connectivity index (χ2n) is 5.11. The van der Waals surface area contributed by atoms with Crippen LogP contribution in [0, 0.1) is 0 Å². The molecule has 0 fully saturated rings. The van der Waals surface area contributed by atoms with Crippen molar-refractivity contribution in [2.24, 2.45) is 0 Å². The molecule has 22 heavy (non-hydrogen) atoms. The minimum atomic E-state index is -3.61. The van der Waals surface area contributed by atoms with Crippen LogP contribution in [0.2, 0.25) is 5.02 Å². The summed E-state index contributed by atoms with van der Waals surface area (Å²) in [6.45, 7) is 4.35. The van der Waals surface area contributed by atoms with E-state index in [4.69, 9.17) is 11.6 Å². The minimum absolute atomic E-state index is 0.290. The highest BCUT2D eigenvalue weighted by atomic mass is 35.5. The molecule has 0 radical (unpaired) electrons. The smallest absolute Gasteiger partial charge is 0.243 e. The third-order valence-electron chi connectivity index (χ3n) is 3.22. The predicted octanol–water partition coefficient (Wildman–Crippen LogP) is 2.80. The Morgan fingerprint density at radius 2 is 2.05 bits per heavy atom. The van der Waals surface area contributed by atoms with Crippen molar-refractivity contribution in [1.29, 1.82) is 0 Å². The lowest BCUT2D eigenvalue weighted by Gasteiger charge is -2.30.